The first kappa shape index (κ1) is 25.2. The summed E-state index contributed by atoms with van der Waals surface area (Å²) >= 11 is 0. The molecule has 3 fully saturated rings. The minimum atomic E-state index is -3.63. The lowest BCUT2D eigenvalue weighted by Crippen LogP contribution is -2.54. The predicted octanol–water partition coefficient (Wildman–Crippen LogP) is 1.16. The molecule has 0 saturated carbocycles. The monoisotopic (exact) mass is 497 g/mol. The Balaban J connectivity index is 1.29. The maximum atomic E-state index is 13.2. The van der Waals surface area contributed by atoms with Gasteiger partial charge in [0.25, 0.3) is 10.2 Å². The first-order chi connectivity index (χ1) is 16.4. The van der Waals surface area contributed by atoms with Crippen LogP contribution in [0.4, 0.5) is 0 Å². The normalized spacial score (nSPS) is 23.6. The largest absolute Gasteiger partial charge is 0.497 e. The Bertz CT molecular complexity index is 955. The Kier molecular flexibility index (Phi) is 7.98. The van der Waals surface area contributed by atoms with Gasteiger partial charge in [-0.25, -0.2) is 0 Å². The van der Waals surface area contributed by atoms with Crippen molar-refractivity contribution in [1.82, 2.24) is 13.9 Å². The van der Waals surface area contributed by atoms with Crippen molar-refractivity contribution in [3.05, 3.63) is 23.8 Å². The molecule has 1 amide bonds. The molecule has 34 heavy (non-hydrogen) atoms. The number of hydrogen-bond donors (Lipinski definition) is 1. The van der Waals surface area contributed by atoms with Crippen molar-refractivity contribution in [3.8, 4) is 11.5 Å². The van der Waals surface area contributed by atoms with E-state index in [4.69, 9.17) is 18.9 Å². The van der Waals surface area contributed by atoms with Crippen molar-refractivity contribution in [3.63, 3.8) is 0 Å². The van der Waals surface area contributed by atoms with Crippen LogP contribution in [-0.4, -0.2) is 88.9 Å². The summed E-state index contributed by atoms with van der Waals surface area (Å²) in [6.45, 7) is 2.91. The maximum absolute atomic E-state index is 13.2. The molecule has 1 aromatic rings. The van der Waals surface area contributed by atoms with Crippen LogP contribution in [-0.2, 0) is 30.9 Å². The average molecular weight is 498 g/mol. The van der Waals surface area contributed by atoms with Crippen LogP contribution in [0.2, 0.25) is 0 Å². The third-order valence-corrected chi connectivity index (χ3v) is 8.90. The number of piperidine rings is 2. The Morgan fingerprint density at radius 1 is 1.12 bits per heavy atom. The van der Waals surface area contributed by atoms with E-state index in [-0.39, 0.29) is 18.4 Å². The predicted molar refractivity (Wildman–Crippen MR) is 125 cm³/mol. The van der Waals surface area contributed by atoms with E-state index in [0.29, 0.717) is 83.0 Å². The number of nitrogens with one attached hydrogen (secondary N) is 1. The highest BCUT2D eigenvalue weighted by molar-refractivity contribution is 7.86. The first-order valence-corrected chi connectivity index (χ1v) is 13.3. The molecule has 1 N–H and O–H groups in total. The first-order valence-electron chi connectivity index (χ1n) is 11.9. The fraction of sp³-hybridized carbons (Fsp3) is 0.696. The summed E-state index contributed by atoms with van der Waals surface area (Å²) in [6.07, 6.45) is 2.99. The molecule has 0 unspecified atom stereocenters. The van der Waals surface area contributed by atoms with E-state index in [9.17, 15) is 13.2 Å². The highest BCUT2D eigenvalue weighted by Crippen LogP contribution is 2.33. The summed E-state index contributed by atoms with van der Waals surface area (Å²) in [6, 6.07) is 5.59. The lowest BCUT2D eigenvalue weighted by atomic mass is 9.98. The molecule has 3 heterocycles. The Hall–Kier alpha value is -1.92. The number of amides is 1. The third-order valence-electron chi connectivity index (χ3n) is 6.89. The Morgan fingerprint density at radius 2 is 1.85 bits per heavy atom. The fourth-order valence-electron chi connectivity index (χ4n) is 4.90. The summed E-state index contributed by atoms with van der Waals surface area (Å²) in [7, 11) is -0.429. The van der Waals surface area contributed by atoms with Crippen molar-refractivity contribution >= 4 is 16.1 Å². The van der Waals surface area contributed by atoms with Gasteiger partial charge in [0.15, 0.2) is 5.79 Å². The van der Waals surface area contributed by atoms with E-state index >= 15 is 0 Å². The highest BCUT2D eigenvalue weighted by Gasteiger charge is 2.44. The molecule has 190 valence electrons. The van der Waals surface area contributed by atoms with Crippen LogP contribution in [0, 0.1) is 5.92 Å². The number of methoxy groups -OCH3 is 2. The number of carbonyl (C=O) groups is 1. The van der Waals surface area contributed by atoms with Crippen LogP contribution >= 0.6 is 0 Å². The molecule has 10 nitrogen and oxygen atoms in total. The molecule has 1 spiro atoms. The number of ether oxygens (including phenoxy) is 4. The quantitative estimate of drug-likeness (QED) is 0.574. The molecular weight excluding hydrogens is 462 g/mol. The van der Waals surface area contributed by atoms with Crippen molar-refractivity contribution in [1.29, 1.82) is 0 Å². The summed E-state index contributed by atoms with van der Waals surface area (Å²) in [5.74, 6) is 0.320. The minimum absolute atomic E-state index is 0.113. The molecule has 11 heteroatoms. The molecule has 0 bridgehead atoms. The summed E-state index contributed by atoms with van der Waals surface area (Å²) < 4.78 is 51.5. The molecule has 3 aliphatic heterocycles. The van der Waals surface area contributed by atoms with Crippen LogP contribution in [0.3, 0.4) is 0 Å². The maximum Gasteiger partial charge on any atom is 0.282 e. The number of hydrogen-bond acceptors (Lipinski definition) is 7. The summed E-state index contributed by atoms with van der Waals surface area (Å²) in [5, 5.41) is 2.97. The molecule has 3 aliphatic rings. The molecule has 1 atom stereocenters. The smallest absolute Gasteiger partial charge is 0.282 e. The van der Waals surface area contributed by atoms with Gasteiger partial charge in [0.1, 0.15) is 11.5 Å². The molecule has 3 saturated heterocycles. The van der Waals surface area contributed by atoms with Gasteiger partial charge in [-0.1, -0.05) is 6.07 Å². The van der Waals surface area contributed by atoms with Crippen LogP contribution in [0.15, 0.2) is 18.2 Å². The van der Waals surface area contributed by atoms with Gasteiger partial charge in [-0.15, -0.1) is 0 Å². The lowest BCUT2D eigenvalue weighted by molar-refractivity contribution is -0.179. The van der Waals surface area contributed by atoms with Gasteiger partial charge in [0.2, 0.25) is 5.91 Å². The Labute approximate surface area is 201 Å². The Morgan fingerprint density at radius 3 is 2.53 bits per heavy atom. The van der Waals surface area contributed by atoms with Gasteiger partial charge in [-0.2, -0.15) is 17.0 Å². The SMILES string of the molecule is COc1ccc(CCNC(=O)[C@@H]2CCCN(S(=O)(=O)N3CCC4(CC3)OCCO4)C2)c(OC)c1. The standard InChI is InChI=1S/C23H35N3O7S/c1-30-20-6-5-18(21(16-20)31-2)7-10-24-22(27)19-4-3-11-26(17-19)34(28,29)25-12-8-23(9-13-25)32-14-15-33-23/h5-6,16,19H,3-4,7-15,17H2,1-2H3,(H,24,27)/t19-/m1/s1. The minimum Gasteiger partial charge on any atom is -0.497 e. The molecule has 1 aromatic carbocycles. The van der Waals surface area contributed by atoms with Gasteiger partial charge < -0.3 is 24.3 Å². The van der Waals surface area contributed by atoms with E-state index < -0.39 is 16.0 Å². The van der Waals surface area contributed by atoms with Crippen LogP contribution in [0.1, 0.15) is 31.2 Å². The number of benzene rings is 1. The third kappa shape index (κ3) is 5.49. The lowest BCUT2D eigenvalue weighted by Gasteiger charge is -2.40. The zero-order valence-corrected chi connectivity index (χ0v) is 20.8. The molecule has 4 rings (SSSR count). The van der Waals surface area contributed by atoms with Crippen molar-refractivity contribution in [2.45, 2.75) is 37.9 Å². The molecule has 0 aliphatic carbocycles. The van der Waals surface area contributed by atoms with Crippen LogP contribution in [0.25, 0.3) is 0 Å². The van der Waals surface area contributed by atoms with Crippen LogP contribution in [0.5, 0.6) is 11.5 Å². The van der Waals surface area contributed by atoms with Gasteiger partial charge in [-0.05, 0) is 30.9 Å². The van der Waals surface area contributed by atoms with Gasteiger partial charge >= 0.3 is 0 Å². The average Bonchev–Trinajstić information content (AvgIpc) is 3.32. The van der Waals surface area contributed by atoms with E-state index in [0.717, 1.165) is 5.56 Å². The number of nitrogens with zero attached hydrogens (tertiary/aromatic N) is 2. The molecule has 0 aromatic heterocycles. The van der Waals surface area contributed by atoms with E-state index in [1.165, 1.54) is 8.61 Å². The summed E-state index contributed by atoms with van der Waals surface area (Å²) in [4.78, 5) is 12.8. The fourth-order valence-corrected chi connectivity index (χ4v) is 6.59. The molecule has 0 radical (unpaired) electrons. The molecular formula is C23H35N3O7S. The van der Waals surface area contributed by atoms with Crippen molar-refractivity contribution in [2.24, 2.45) is 5.92 Å². The second-order valence-electron chi connectivity index (χ2n) is 8.93. The number of rotatable bonds is 8. The zero-order valence-electron chi connectivity index (χ0n) is 20.0. The topological polar surface area (TPSA) is 107 Å². The summed E-state index contributed by atoms with van der Waals surface area (Å²) in [5.41, 5.74) is 0.967. The van der Waals surface area contributed by atoms with E-state index in [1.807, 2.05) is 18.2 Å². The van der Waals surface area contributed by atoms with Crippen molar-refractivity contribution in [2.75, 3.05) is 60.2 Å². The highest BCUT2D eigenvalue weighted by atomic mass is 32.2. The second kappa shape index (κ2) is 10.8. The van der Waals surface area contributed by atoms with Gasteiger partial charge in [-0.3, -0.25) is 4.79 Å². The van der Waals surface area contributed by atoms with Crippen molar-refractivity contribution < 1.29 is 32.2 Å². The van der Waals surface area contributed by atoms with Gasteiger partial charge in [0, 0.05) is 51.6 Å². The van der Waals surface area contributed by atoms with E-state index in [2.05, 4.69) is 5.32 Å². The number of carbonyl (C=O) groups excluding carboxylic acids is 1. The van der Waals surface area contributed by atoms with Gasteiger partial charge in [0.05, 0.1) is 33.4 Å². The van der Waals surface area contributed by atoms with E-state index in [1.54, 1.807) is 14.2 Å². The van der Waals surface area contributed by atoms with Crippen LogP contribution < -0.4 is 14.8 Å². The second-order valence-corrected chi connectivity index (χ2v) is 10.9. The zero-order chi connectivity index (χ0) is 24.2.